The van der Waals surface area contributed by atoms with Crippen LogP contribution >= 0.6 is 0 Å². The Balaban J connectivity index is 2.42. The van der Waals surface area contributed by atoms with Gasteiger partial charge in [-0.25, -0.2) is 4.79 Å². The Bertz CT molecular complexity index is 445. The van der Waals surface area contributed by atoms with Crippen molar-refractivity contribution in [3.63, 3.8) is 0 Å². The number of carbonyl (C=O) groups is 1. The van der Waals surface area contributed by atoms with E-state index in [1.807, 2.05) is 18.2 Å². The van der Waals surface area contributed by atoms with E-state index in [1.54, 1.807) is 6.92 Å². The highest BCUT2D eigenvalue weighted by Gasteiger charge is 2.05. The highest BCUT2D eigenvalue weighted by Crippen LogP contribution is 2.04. The lowest BCUT2D eigenvalue weighted by Crippen LogP contribution is -2.28. The summed E-state index contributed by atoms with van der Waals surface area (Å²) in [5.41, 5.74) is 1.26. The first-order chi connectivity index (χ1) is 9.76. The summed E-state index contributed by atoms with van der Waals surface area (Å²) in [6.07, 6.45) is 2.80. The van der Waals surface area contributed by atoms with Gasteiger partial charge in [-0.3, -0.25) is 0 Å². The highest BCUT2D eigenvalue weighted by molar-refractivity contribution is 5.88. The van der Waals surface area contributed by atoms with Crippen molar-refractivity contribution in [3.05, 3.63) is 35.9 Å². The van der Waals surface area contributed by atoms with Crippen molar-refractivity contribution >= 4 is 5.97 Å². The van der Waals surface area contributed by atoms with Gasteiger partial charge in [0.2, 0.25) is 0 Å². The molecule has 0 radical (unpaired) electrons. The minimum atomic E-state index is -0.439. The first-order valence-electron chi connectivity index (χ1n) is 7.19. The number of hydrogen-bond acceptors (Lipinski definition) is 3. The van der Waals surface area contributed by atoms with Crippen LogP contribution in [0.3, 0.4) is 0 Å². The summed E-state index contributed by atoms with van der Waals surface area (Å²) in [7, 11) is 0. The lowest BCUT2D eigenvalue weighted by molar-refractivity contribution is -0.136. The zero-order valence-electron chi connectivity index (χ0n) is 12.3. The van der Waals surface area contributed by atoms with Gasteiger partial charge >= 0.3 is 5.97 Å². The maximum Gasteiger partial charge on any atom is 0.384 e. The summed E-state index contributed by atoms with van der Waals surface area (Å²) >= 11 is 0. The molecule has 1 aromatic rings. The quantitative estimate of drug-likeness (QED) is 0.471. The van der Waals surface area contributed by atoms with E-state index >= 15 is 0 Å². The Kier molecular flexibility index (Phi) is 8.17. The van der Waals surface area contributed by atoms with Crippen LogP contribution in [0.1, 0.15) is 38.7 Å². The summed E-state index contributed by atoms with van der Waals surface area (Å²) in [4.78, 5) is 11.1. The van der Waals surface area contributed by atoms with Gasteiger partial charge in [0.1, 0.15) is 0 Å². The van der Waals surface area contributed by atoms with Gasteiger partial charge in [0.25, 0.3) is 0 Å². The second-order valence-corrected chi connectivity index (χ2v) is 4.58. The van der Waals surface area contributed by atoms with E-state index in [0.29, 0.717) is 19.1 Å². The minimum Gasteiger partial charge on any atom is -0.456 e. The van der Waals surface area contributed by atoms with Crippen LogP contribution in [-0.4, -0.2) is 18.6 Å². The van der Waals surface area contributed by atoms with Crippen molar-refractivity contribution in [2.45, 2.75) is 45.7 Å². The molecule has 20 heavy (non-hydrogen) atoms. The van der Waals surface area contributed by atoms with Gasteiger partial charge in [0.15, 0.2) is 0 Å². The molecule has 0 amide bonds. The van der Waals surface area contributed by atoms with Gasteiger partial charge in [0, 0.05) is 24.9 Å². The maximum absolute atomic E-state index is 11.1. The lowest BCUT2D eigenvalue weighted by Gasteiger charge is -2.15. The largest absolute Gasteiger partial charge is 0.456 e. The predicted molar refractivity (Wildman–Crippen MR) is 81.0 cm³/mol. The Morgan fingerprint density at radius 1 is 1.30 bits per heavy atom. The number of esters is 1. The SMILES string of the molecule is CCC[C@@H](CC#CC(=O)OCC)NCc1ccccc1. The van der Waals surface area contributed by atoms with E-state index in [9.17, 15) is 4.79 Å². The summed E-state index contributed by atoms with van der Waals surface area (Å²) < 4.78 is 4.78. The third-order valence-electron chi connectivity index (χ3n) is 2.89. The molecule has 0 bridgehead atoms. The average molecular weight is 273 g/mol. The van der Waals surface area contributed by atoms with Crippen LogP contribution in [0, 0.1) is 11.8 Å². The van der Waals surface area contributed by atoms with Gasteiger partial charge in [-0.15, -0.1) is 0 Å². The molecule has 3 nitrogen and oxygen atoms in total. The fourth-order valence-electron chi connectivity index (χ4n) is 1.90. The van der Waals surface area contributed by atoms with E-state index in [4.69, 9.17) is 4.74 Å². The second kappa shape index (κ2) is 10.1. The van der Waals surface area contributed by atoms with Crippen LogP contribution in [0.15, 0.2) is 30.3 Å². The van der Waals surface area contributed by atoms with Crippen molar-refractivity contribution in [1.29, 1.82) is 0 Å². The van der Waals surface area contributed by atoms with Crippen molar-refractivity contribution in [3.8, 4) is 11.8 Å². The molecular weight excluding hydrogens is 250 g/mol. The molecule has 3 heteroatoms. The van der Waals surface area contributed by atoms with Crippen LogP contribution in [0.2, 0.25) is 0 Å². The summed E-state index contributed by atoms with van der Waals surface area (Å²) in [5.74, 6) is 4.98. The molecule has 0 aliphatic heterocycles. The molecule has 0 unspecified atom stereocenters. The topological polar surface area (TPSA) is 38.3 Å². The Hall–Kier alpha value is -1.79. The molecule has 0 heterocycles. The van der Waals surface area contributed by atoms with Crippen LogP contribution in [-0.2, 0) is 16.1 Å². The molecule has 0 spiro atoms. The Morgan fingerprint density at radius 3 is 2.70 bits per heavy atom. The van der Waals surface area contributed by atoms with Gasteiger partial charge in [-0.1, -0.05) is 49.6 Å². The predicted octanol–water partition coefficient (Wildman–Crippen LogP) is 2.90. The van der Waals surface area contributed by atoms with Gasteiger partial charge in [-0.05, 0) is 18.9 Å². The average Bonchev–Trinajstić information content (AvgIpc) is 2.46. The molecule has 1 N–H and O–H groups in total. The molecule has 0 aliphatic carbocycles. The zero-order chi connectivity index (χ0) is 14.6. The fraction of sp³-hybridized carbons (Fsp3) is 0.471. The summed E-state index contributed by atoms with van der Waals surface area (Å²) in [6.45, 7) is 5.13. The molecular formula is C17H23NO2. The Morgan fingerprint density at radius 2 is 2.05 bits per heavy atom. The van der Waals surface area contributed by atoms with E-state index in [1.165, 1.54) is 5.56 Å². The van der Waals surface area contributed by atoms with Crippen molar-refractivity contribution in [1.82, 2.24) is 5.32 Å². The number of hydrogen-bond donors (Lipinski definition) is 1. The number of nitrogens with one attached hydrogen (secondary N) is 1. The van der Waals surface area contributed by atoms with Crippen LogP contribution in [0.4, 0.5) is 0 Å². The van der Waals surface area contributed by atoms with Gasteiger partial charge < -0.3 is 10.1 Å². The van der Waals surface area contributed by atoms with Crippen LogP contribution in [0.5, 0.6) is 0 Å². The molecule has 1 rings (SSSR count). The van der Waals surface area contributed by atoms with Gasteiger partial charge in [0.05, 0.1) is 6.61 Å². The smallest absolute Gasteiger partial charge is 0.384 e. The minimum absolute atomic E-state index is 0.308. The maximum atomic E-state index is 11.1. The fourth-order valence-corrected chi connectivity index (χ4v) is 1.90. The normalized spacial score (nSPS) is 11.3. The first-order valence-corrected chi connectivity index (χ1v) is 7.19. The molecule has 0 aliphatic rings. The van der Waals surface area contributed by atoms with E-state index in [0.717, 1.165) is 19.4 Å². The highest BCUT2D eigenvalue weighted by atomic mass is 16.5. The number of carbonyl (C=O) groups excluding carboxylic acids is 1. The van der Waals surface area contributed by atoms with E-state index < -0.39 is 5.97 Å². The summed E-state index contributed by atoms with van der Waals surface area (Å²) in [5, 5.41) is 3.49. The third-order valence-corrected chi connectivity index (χ3v) is 2.89. The molecule has 1 atom stereocenters. The van der Waals surface area contributed by atoms with Crippen molar-refractivity contribution in [2.75, 3.05) is 6.61 Å². The third kappa shape index (κ3) is 6.96. The van der Waals surface area contributed by atoms with Crippen LogP contribution < -0.4 is 5.32 Å². The monoisotopic (exact) mass is 273 g/mol. The Labute approximate surface area is 121 Å². The molecule has 0 saturated heterocycles. The second-order valence-electron chi connectivity index (χ2n) is 4.58. The number of benzene rings is 1. The van der Waals surface area contributed by atoms with E-state index in [-0.39, 0.29) is 0 Å². The molecule has 1 aromatic carbocycles. The molecule has 0 saturated carbocycles. The number of ether oxygens (including phenoxy) is 1. The lowest BCUT2D eigenvalue weighted by atomic mass is 10.1. The zero-order valence-corrected chi connectivity index (χ0v) is 12.3. The van der Waals surface area contributed by atoms with Crippen molar-refractivity contribution in [2.24, 2.45) is 0 Å². The van der Waals surface area contributed by atoms with Gasteiger partial charge in [-0.2, -0.15) is 0 Å². The molecule has 0 fully saturated rings. The summed E-state index contributed by atoms with van der Waals surface area (Å²) in [6, 6.07) is 10.6. The van der Waals surface area contributed by atoms with E-state index in [2.05, 4.69) is 36.2 Å². The van der Waals surface area contributed by atoms with Crippen molar-refractivity contribution < 1.29 is 9.53 Å². The first kappa shape index (κ1) is 16.3. The van der Waals surface area contributed by atoms with Crippen LogP contribution in [0.25, 0.3) is 0 Å². The number of rotatable bonds is 7. The standard InChI is InChI=1S/C17H23NO2/c1-3-9-16(12-8-13-17(19)20-4-2)18-14-15-10-6-5-7-11-15/h5-7,10-11,16,18H,3-4,9,12,14H2,1-2H3/t16-/m0/s1. The molecule has 108 valence electrons. The molecule has 0 aromatic heterocycles.